The Bertz CT molecular complexity index is 672. The van der Waals surface area contributed by atoms with Crippen LogP contribution in [0.5, 0.6) is 0 Å². The summed E-state index contributed by atoms with van der Waals surface area (Å²) in [6, 6.07) is 15.8. The molecule has 0 spiro atoms. The fourth-order valence-electron chi connectivity index (χ4n) is 2.04. The maximum Gasteiger partial charge on any atom is 0.253 e. The maximum atomic E-state index is 12.5. The van der Waals surface area contributed by atoms with E-state index >= 15 is 0 Å². The first-order valence-electron chi connectivity index (χ1n) is 6.20. The van der Waals surface area contributed by atoms with Gasteiger partial charge in [-0.05, 0) is 30.2 Å². The van der Waals surface area contributed by atoms with Crippen molar-refractivity contribution < 1.29 is 9.59 Å². The van der Waals surface area contributed by atoms with Crippen molar-refractivity contribution >= 4 is 28.2 Å². The van der Waals surface area contributed by atoms with Gasteiger partial charge in [0.25, 0.3) is 5.24 Å². The van der Waals surface area contributed by atoms with E-state index in [4.69, 9.17) is 11.6 Å². The van der Waals surface area contributed by atoms with E-state index in [1.165, 1.54) is 0 Å². The Morgan fingerprint density at radius 2 is 1.45 bits per heavy atom. The van der Waals surface area contributed by atoms with Gasteiger partial charge in [0.2, 0.25) is 0 Å². The fourth-order valence-corrected chi connectivity index (χ4v) is 2.21. The first-order valence-corrected chi connectivity index (χ1v) is 6.58. The zero-order valence-electron chi connectivity index (χ0n) is 11.0. The fraction of sp³-hybridized carbons (Fsp3) is 0.0588. The van der Waals surface area contributed by atoms with Crippen molar-refractivity contribution in [2.24, 2.45) is 0 Å². The molecular formula is C17H13ClO2. The standard InChI is InChI=1S/C17H13ClO2/c1-2-13(16(19)12-8-4-3-5-9-12)14-10-6-7-11-15(14)17(18)20/h2-11H,1H3. The number of carbonyl (C=O) groups excluding carboxylic acids is 2. The second-order valence-corrected chi connectivity index (χ2v) is 4.56. The molecule has 0 unspecified atom stereocenters. The van der Waals surface area contributed by atoms with E-state index in [1.807, 2.05) is 6.07 Å². The monoisotopic (exact) mass is 284 g/mol. The Labute approximate surface area is 122 Å². The summed E-state index contributed by atoms with van der Waals surface area (Å²) in [6.45, 7) is 1.77. The highest BCUT2D eigenvalue weighted by Gasteiger charge is 2.18. The van der Waals surface area contributed by atoms with Crippen LogP contribution in [0.15, 0.2) is 60.7 Å². The van der Waals surface area contributed by atoms with Crippen LogP contribution in [-0.2, 0) is 0 Å². The normalized spacial score (nSPS) is 11.2. The topological polar surface area (TPSA) is 34.1 Å². The number of rotatable bonds is 4. The van der Waals surface area contributed by atoms with Crippen molar-refractivity contribution in [1.82, 2.24) is 0 Å². The number of halogens is 1. The van der Waals surface area contributed by atoms with Gasteiger partial charge in [0.1, 0.15) is 0 Å². The van der Waals surface area contributed by atoms with Crippen LogP contribution in [-0.4, -0.2) is 11.0 Å². The lowest BCUT2D eigenvalue weighted by molar-refractivity contribution is 0.105. The molecular weight excluding hydrogens is 272 g/mol. The molecule has 0 saturated carbocycles. The van der Waals surface area contributed by atoms with Gasteiger partial charge in [0.05, 0.1) is 0 Å². The Hall–Kier alpha value is -2.19. The number of ketones is 1. The summed E-state index contributed by atoms with van der Waals surface area (Å²) in [5.74, 6) is -0.126. The van der Waals surface area contributed by atoms with E-state index in [2.05, 4.69) is 0 Å². The molecule has 0 radical (unpaired) electrons. The molecule has 0 aromatic heterocycles. The molecule has 2 rings (SSSR count). The number of carbonyl (C=O) groups is 2. The summed E-state index contributed by atoms with van der Waals surface area (Å²) in [6.07, 6.45) is 1.70. The van der Waals surface area contributed by atoms with Crippen LogP contribution in [0.25, 0.3) is 5.57 Å². The molecule has 0 N–H and O–H groups in total. The number of Topliss-reactive ketones (excluding diaryl/α,β-unsaturated/α-hetero) is 1. The van der Waals surface area contributed by atoms with Crippen molar-refractivity contribution in [1.29, 1.82) is 0 Å². The van der Waals surface area contributed by atoms with Gasteiger partial charge in [0, 0.05) is 16.7 Å². The smallest absolute Gasteiger partial charge is 0.253 e. The molecule has 100 valence electrons. The van der Waals surface area contributed by atoms with Crippen molar-refractivity contribution in [3.8, 4) is 0 Å². The molecule has 0 aliphatic carbocycles. The molecule has 2 aromatic rings. The van der Waals surface area contributed by atoms with Crippen LogP contribution < -0.4 is 0 Å². The first-order chi connectivity index (χ1) is 9.65. The van der Waals surface area contributed by atoms with Crippen LogP contribution in [0, 0.1) is 0 Å². The molecule has 0 bridgehead atoms. The molecule has 3 heteroatoms. The number of hydrogen-bond donors (Lipinski definition) is 0. The lowest BCUT2D eigenvalue weighted by Gasteiger charge is -2.09. The Kier molecular flexibility index (Phi) is 4.49. The average molecular weight is 285 g/mol. The molecule has 0 saturated heterocycles. The summed E-state index contributed by atoms with van der Waals surface area (Å²) in [5, 5.41) is -0.569. The van der Waals surface area contributed by atoms with Crippen LogP contribution in [0.3, 0.4) is 0 Å². The number of hydrogen-bond acceptors (Lipinski definition) is 2. The minimum atomic E-state index is -0.569. The third kappa shape index (κ3) is 2.86. The summed E-state index contributed by atoms with van der Waals surface area (Å²) in [5.41, 5.74) is 1.95. The predicted octanol–water partition coefficient (Wildman–Crippen LogP) is 4.35. The number of allylic oxidation sites excluding steroid dienone is 2. The molecule has 0 fully saturated rings. The second-order valence-electron chi connectivity index (χ2n) is 4.22. The van der Waals surface area contributed by atoms with Gasteiger partial charge in [-0.2, -0.15) is 0 Å². The lowest BCUT2D eigenvalue weighted by atomic mass is 9.93. The highest BCUT2D eigenvalue weighted by Crippen LogP contribution is 2.24. The Balaban J connectivity index is 2.50. The minimum absolute atomic E-state index is 0.126. The molecule has 2 aromatic carbocycles. The number of benzene rings is 2. The largest absolute Gasteiger partial charge is 0.289 e. The summed E-state index contributed by atoms with van der Waals surface area (Å²) in [7, 11) is 0. The van der Waals surface area contributed by atoms with Crippen LogP contribution >= 0.6 is 11.6 Å². The maximum absolute atomic E-state index is 12.5. The zero-order chi connectivity index (χ0) is 14.5. The van der Waals surface area contributed by atoms with Gasteiger partial charge < -0.3 is 0 Å². The quantitative estimate of drug-likeness (QED) is 0.475. The van der Waals surface area contributed by atoms with Crippen LogP contribution in [0.4, 0.5) is 0 Å². The summed E-state index contributed by atoms with van der Waals surface area (Å²) >= 11 is 5.58. The SMILES string of the molecule is CC=C(C(=O)c1ccccc1)c1ccccc1C(=O)Cl. The highest BCUT2D eigenvalue weighted by molar-refractivity contribution is 6.68. The molecule has 20 heavy (non-hydrogen) atoms. The highest BCUT2D eigenvalue weighted by atomic mass is 35.5. The molecule has 0 amide bonds. The van der Waals surface area contributed by atoms with Crippen molar-refractivity contribution in [2.75, 3.05) is 0 Å². The van der Waals surface area contributed by atoms with E-state index < -0.39 is 5.24 Å². The van der Waals surface area contributed by atoms with Gasteiger partial charge in [0.15, 0.2) is 5.78 Å². The van der Waals surface area contributed by atoms with Crippen LogP contribution in [0.1, 0.15) is 33.2 Å². The summed E-state index contributed by atoms with van der Waals surface area (Å²) < 4.78 is 0. The van der Waals surface area contributed by atoms with E-state index in [0.717, 1.165) is 0 Å². The van der Waals surface area contributed by atoms with Gasteiger partial charge in [-0.3, -0.25) is 9.59 Å². The average Bonchev–Trinajstić information content (AvgIpc) is 2.49. The predicted molar refractivity (Wildman–Crippen MR) is 81.0 cm³/mol. The minimum Gasteiger partial charge on any atom is -0.289 e. The third-order valence-corrected chi connectivity index (χ3v) is 3.20. The Morgan fingerprint density at radius 1 is 0.900 bits per heavy atom. The lowest BCUT2D eigenvalue weighted by Crippen LogP contribution is -2.06. The first kappa shape index (κ1) is 14.2. The van der Waals surface area contributed by atoms with Crippen LogP contribution in [0.2, 0.25) is 0 Å². The van der Waals surface area contributed by atoms with Crippen molar-refractivity contribution in [3.63, 3.8) is 0 Å². The zero-order valence-corrected chi connectivity index (χ0v) is 11.7. The Morgan fingerprint density at radius 3 is 2.00 bits per heavy atom. The van der Waals surface area contributed by atoms with Gasteiger partial charge in [-0.15, -0.1) is 0 Å². The van der Waals surface area contributed by atoms with Crippen molar-refractivity contribution in [2.45, 2.75) is 6.92 Å². The molecule has 0 aliphatic heterocycles. The molecule has 0 atom stereocenters. The van der Waals surface area contributed by atoms with Crippen molar-refractivity contribution in [3.05, 3.63) is 77.4 Å². The molecule has 2 nitrogen and oxygen atoms in total. The summed E-state index contributed by atoms with van der Waals surface area (Å²) in [4.78, 5) is 24.0. The van der Waals surface area contributed by atoms with Gasteiger partial charge in [-0.1, -0.05) is 54.6 Å². The van der Waals surface area contributed by atoms with Gasteiger partial charge in [-0.25, -0.2) is 0 Å². The van der Waals surface area contributed by atoms with E-state index in [9.17, 15) is 9.59 Å². The van der Waals surface area contributed by atoms with E-state index in [0.29, 0.717) is 22.3 Å². The van der Waals surface area contributed by atoms with E-state index in [-0.39, 0.29) is 5.78 Å². The van der Waals surface area contributed by atoms with Gasteiger partial charge >= 0.3 is 0 Å². The second kappa shape index (κ2) is 6.31. The molecule has 0 heterocycles. The third-order valence-electron chi connectivity index (χ3n) is 3.00. The molecule has 0 aliphatic rings. The van der Waals surface area contributed by atoms with E-state index in [1.54, 1.807) is 61.5 Å².